The second-order valence-electron chi connectivity index (χ2n) is 9.66. The van der Waals surface area contributed by atoms with E-state index >= 15 is 0 Å². The number of aromatic nitrogens is 1. The lowest BCUT2D eigenvalue weighted by atomic mass is 9.94. The lowest BCUT2D eigenvalue weighted by molar-refractivity contribution is -0.123. The number of benzene rings is 2. The fourth-order valence-corrected chi connectivity index (χ4v) is 5.86. The summed E-state index contributed by atoms with van der Waals surface area (Å²) >= 11 is 0.779. The fourth-order valence-electron chi connectivity index (χ4n) is 5.12. The minimum Gasteiger partial charge on any atom is -0.493 e. The van der Waals surface area contributed by atoms with E-state index in [4.69, 9.17) is 20.9 Å². The second kappa shape index (κ2) is 12.8. The zero-order valence-electron chi connectivity index (χ0n) is 22.9. The van der Waals surface area contributed by atoms with Gasteiger partial charge in [0.15, 0.2) is 17.2 Å². The molecule has 3 aromatic rings. The number of rotatable bonds is 10. The highest BCUT2D eigenvalue weighted by Gasteiger charge is 2.38. The number of hydrogen-bond acceptors (Lipinski definition) is 8. The Morgan fingerprint density at radius 3 is 2.40 bits per heavy atom. The van der Waals surface area contributed by atoms with Crippen LogP contribution in [0.4, 0.5) is 11.4 Å². The fraction of sp³-hybridized carbons (Fsp3) is 0.379. The van der Waals surface area contributed by atoms with Gasteiger partial charge in [0.2, 0.25) is 5.91 Å². The van der Waals surface area contributed by atoms with Crippen molar-refractivity contribution in [3.8, 4) is 11.5 Å². The molecule has 1 fully saturated rings. The van der Waals surface area contributed by atoms with Crippen LogP contribution in [0.3, 0.4) is 0 Å². The average Bonchev–Trinajstić information content (AvgIpc) is 3.37. The van der Waals surface area contributed by atoms with Gasteiger partial charge in [-0.1, -0.05) is 50.5 Å². The predicted molar refractivity (Wildman–Crippen MR) is 155 cm³/mol. The van der Waals surface area contributed by atoms with Crippen molar-refractivity contribution in [2.45, 2.75) is 57.5 Å². The summed E-state index contributed by atoms with van der Waals surface area (Å²) in [6.07, 6.45) is 5.53. The number of ether oxygens (including phenoxy) is 2. The van der Waals surface area contributed by atoms with Crippen LogP contribution in [-0.2, 0) is 11.2 Å². The van der Waals surface area contributed by atoms with Gasteiger partial charge in [0, 0.05) is 11.7 Å². The van der Waals surface area contributed by atoms with Gasteiger partial charge < -0.3 is 26.3 Å². The van der Waals surface area contributed by atoms with Crippen LogP contribution in [0.1, 0.15) is 76.4 Å². The molecule has 40 heavy (non-hydrogen) atoms. The molecule has 0 spiro atoms. The number of anilines is 2. The third-order valence-corrected chi connectivity index (χ3v) is 8.04. The van der Waals surface area contributed by atoms with Crippen LogP contribution in [-0.4, -0.2) is 42.4 Å². The van der Waals surface area contributed by atoms with Crippen LogP contribution >= 0.6 is 11.5 Å². The number of methoxy groups -OCH3 is 2. The summed E-state index contributed by atoms with van der Waals surface area (Å²) in [5.41, 5.74) is 13.3. The molecule has 0 saturated heterocycles. The van der Waals surface area contributed by atoms with Crippen molar-refractivity contribution >= 4 is 40.6 Å². The van der Waals surface area contributed by atoms with Gasteiger partial charge in [-0.25, -0.2) is 0 Å². The lowest BCUT2D eigenvalue weighted by Crippen LogP contribution is -2.47. The second-order valence-corrected chi connectivity index (χ2v) is 10.4. The molecule has 1 aromatic heterocycles. The van der Waals surface area contributed by atoms with E-state index < -0.39 is 17.9 Å². The number of carbonyl (C=O) groups excluding carboxylic acids is 3. The third kappa shape index (κ3) is 5.89. The molecule has 0 aliphatic heterocycles. The van der Waals surface area contributed by atoms with Gasteiger partial charge in [-0.15, -0.1) is 0 Å². The first kappa shape index (κ1) is 28.9. The normalized spacial score (nSPS) is 14.3. The molecule has 5 N–H and O–H groups in total. The smallest absolute Gasteiger partial charge is 0.273 e. The van der Waals surface area contributed by atoms with Crippen LogP contribution in [0.25, 0.3) is 0 Å². The van der Waals surface area contributed by atoms with Crippen molar-refractivity contribution in [1.29, 1.82) is 0 Å². The molecule has 4 rings (SSSR count). The van der Waals surface area contributed by atoms with E-state index in [0.29, 0.717) is 29.2 Å². The molecule has 11 heteroatoms. The molecule has 0 bridgehead atoms. The molecule has 1 aliphatic carbocycles. The number of nitrogens with zero attached hydrogens (tertiary/aromatic N) is 2. The first-order valence-corrected chi connectivity index (χ1v) is 14.1. The zero-order valence-corrected chi connectivity index (χ0v) is 23.8. The van der Waals surface area contributed by atoms with E-state index in [1.54, 1.807) is 24.3 Å². The maximum atomic E-state index is 14.4. The van der Waals surface area contributed by atoms with Gasteiger partial charge >= 0.3 is 0 Å². The number of nitrogens with two attached hydrogens (primary N) is 2. The molecule has 1 saturated carbocycles. The largest absolute Gasteiger partial charge is 0.493 e. The summed E-state index contributed by atoms with van der Waals surface area (Å²) in [6.45, 7) is 1.97. The highest BCUT2D eigenvalue weighted by atomic mass is 32.1. The molecular formula is C29H35N5O5S. The van der Waals surface area contributed by atoms with Crippen LogP contribution in [0.2, 0.25) is 0 Å². The Labute approximate surface area is 237 Å². The standard InChI is InChI=1S/C29H35N5O5S/c1-4-17-10-8-9-13-20(17)34(29(37)26-23(30)24(27(31)35)33-40-26)25(28(36)32-19-11-6-5-7-12-19)18-14-15-21(38-2)22(16-18)39-3/h8-10,13-16,19,25H,4-7,11-12,30H2,1-3H3,(H2,31,35)(H,32,36). The van der Waals surface area contributed by atoms with Crippen molar-refractivity contribution in [1.82, 2.24) is 9.69 Å². The Hall–Kier alpha value is -4.12. The van der Waals surface area contributed by atoms with Crippen LogP contribution in [0, 0.1) is 0 Å². The van der Waals surface area contributed by atoms with Crippen LogP contribution in [0.15, 0.2) is 42.5 Å². The Kier molecular flexibility index (Phi) is 9.26. The van der Waals surface area contributed by atoms with E-state index in [9.17, 15) is 14.4 Å². The molecule has 1 atom stereocenters. The molecular weight excluding hydrogens is 530 g/mol. The minimum absolute atomic E-state index is 0.00259. The molecule has 0 radical (unpaired) electrons. The number of amides is 3. The first-order valence-electron chi connectivity index (χ1n) is 13.3. The molecule has 3 amide bonds. The van der Waals surface area contributed by atoms with Gasteiger partial charge in [-0.3, -0.25) is 19.3 Å². The van der Waals surface area contributed by atoms with E-state index in [1.165, 1.54) is 19.1 Å². The maximum Gasteiger partial charge on any atom is 0.273 e. The Balaban J connectivity index is 1.92. The van der Waals surface area contributed by atoms with Gasteiger partial charge in [-0.2, -0.15) is 4.37 Å². The number of hydrogen-bond donors (Lipinski definition) is 3. The van der Waals surface area contributed by atoms with E-state index in [2.05, 4.69) is 9.69 Å². The lowest BCUT2D eigenvalue weighted by Gasteiger charge is -2.34. The highest BCUT2D eigenvalue weighted by Crippen LogP contribution is 2.38. The minimum atomic E-state index is -1.10. The van der Waals surface area contributed by atoms with Gasteiger partial charge in [0.1, 0.15) is 10.9 Å². The van der Waals surface area contributed by atoms with Crippen molar-refractivity contribution in [3.63, 3.8) is 0 Å². The summed E-state index contributed by atoms with van der Waals surface area (Å²) in [6, 6.07) is 11.4. The van der Waals surface area contributed by atoms with E-state index in [-0.39, 0.29) is 28.2 Å². The molecule has 2 aromatic carbocycles. The molecule has 212 valence electrons. The molecule has 1 aliphatic rings. The predicted octanol–water partition coefficient (Wildman–Crippen LogP) is 4.24. The number of nitrogen functional groups attached to an aromatic ring is 1. The van der Waals surface area contributed by atoms with Gasteiger partial charge in [0.25, 0.3) is 11.8 Å². The summed E-state index contributed by atoms with van der Waals surface area (Å²) in [5, 5.41) is 3.19. The number of para-hydroxylation sites is 1. The summed E-state index contributed by atoms with van der Waals surface area (Å²) < 4.78 is 15.0. The Morgan fingerprint density at radius 2 is 1.77 bits per heavy atom. The molecule has 1 heterocycles. The van der Waals surface area contributed by atoms with Crippen LogP contribution in [0.5, 0.6) is 11.5 Å². The quantitative estimate of drug-likeness (QED) is 0.333. The zero-order chi connectivity index (χ0) is 28.8. The van der Waals surface area contributed by atoms with Crippen molar-refractivity contribution in [2.75, 3.05) is 24.9 Å². The summed E-state index contributed by atoms with van der Waals surface area (Å²) in [5.74, 6) is -0.833. The number of aryl methyl sites for hydroxylation is 1. The van der Waals surface area contributed by atoms with Gasteiger partial charge in [-0.05, 0) is 60.1 Å². The monoisotopic (exact) mass is 565 g/mol. The topological polar surface area (TPSA) is 150 Å². The third-order valence-electron chi connectivity index (χ3n) is 7.19. The van der Waals surface area contributed by atoms with Crippen molar-refractivity contribution in [2.24, 2.45) is 5.73 Å². The van der Waals surface area contributed by atoms with E-state index in [0.717, 1.165) is 49.2 Å². The number of primary amides is 1. The Morgan fingerprint density at radius 1 is 1.07 bits per heavy atom. The SMILES string of the molecule is CCc1ccccc1N(C(=O)c1snc(C(N)=O)c1N)C(C(=O)NC1CCCCC1)c1ccc(OC)c(OC)c1. The average molecular weight is 566 g/mol. The van der Waals surface area contributed by atoms with E-state index in [1.807, 2.05) is 25.1 Å². The van der Waals surface area contributed by atoms with Gasteiger partial charge in [0.05, 0.1) is 19.9 Å². The summed E-state index contributed by atoms with van der Waals surface area (Å²) in [7, 11) is 3.04. The first-order chi connectivity index (χ1) is 19.3. The van der Waals surface area contributed by atoms with Crippen LogP contribution < -0.4 is 31.2 Å². The van der Waals surface area contributed by atoms with Crippen molar-refractivity contribution in [3.05, 3.63) is 64.2 Å². The Bertz CT molecular complexity index is 1380. The number of nitrogens with one attached hydrogen (secondary N) is 1. The number of carbonyl (C=O) groups is 3. The maximum absolute atomic E-state index is 14.4. The highest BCUT2D eigenvalue weighted by molar-refractivity contribution is 7.09. The summed E-state index contributed by atoms with van der Waals surface area (Å²) in [4.78, 5) is 42.0. The van der Waals surface area contributed by atoms with Crippen molar-refractivity contribution < 1.29 is 23.9 Å². The molecule has 10 nitrogen and oxygen atoms in total. The molecule has 1 unspecified atom stereocenters.